The summed E-state index contributed by atoms with van der Waals surface area (Å²) in [5.74, 6) is 0.699. The molecular formula is C25H25N5OS. The second-order valence-corrected chi connectivity index (χ2v) is 8.81. The number of hydrogen-bond acceptors (Lipinski definition) is 5. The smallest absolute Gasteiger partial charge is 0.233 e. The first-order chi connectivity index (χ1) is 15.6. The second kappa shape index (κ2) is 10.2. The van der Waals surface area contributed by atoms with E-state index in [4.69, 9.17) is 0 Å². The third-order valence-corrected chi connectivity index (χ3v) is 6.11. The van der Waals surface area contributed by atoms with Crippen molar-refractivity contribution in [3.63, 3.8) is 0 Å². The number of hydrogen-bond donors (Lipinski definition) is 1. The van der Waals surface area contributed by atoms with Gasteiger partial charge in [0.2, 0.25) is 5.91 Å². The van der Waals surface area contributed by atoms with Gasteiger partial charge < -0.3 is 5.32 Å². The molecule has 0 aliphatic carbocycles. The maximum atomic E-state index is 12.7. The number of aryl methyl sites for hydroxylation is 1. The molecule has 2 aromatic heterocycles. The highest BCUT2D eigenvalue weighted by Gasteiger charge is 2.21. The lowest BCUT2D eigenvalue weighted by Crippen LogP contribution is -2.32. The van der Waals surface area contributed by atoms with E-state index in [0.717, 1.165) is 23.5 Å². The highest BCUT2D eigenvalue weighted by Crippen LogP contribution is 2.30. The normalized spacial score (nSPS) is 11.8. The molecule has 1 unspecified atom stereocenters. The monoisotopic (exact) mass is 443 g/mol. The summed E-state index contributed by atoms with van der Waals surface area (Å²) in [5, 5.41) is 12.2. The van der Waals surface area contributed by atoms with Crippen molar-refractivity contribution in [3.05, 3.63) is 90.3 Å². The lowest BCUT2D eigenvalue weighted by Gasteiger charge is -2.14. The zero-order valence-electron chi connectivity index (χ0n) is 18.1. The quantitative estimate of drug-likeness (QED) is 0.407. The van der Waals surface area contributed by atoms with E-state index < -0.39 is 0 Å². The fourth-order valence-corrected chi connectivity index (χ4v) is 4.18. The molecule has 1 amide bonds. The Bertz CT molecular complexity index is 1160. The fourth-order valence-electron chi connectivity index (χ4n) is 3.29. The van der Waals surface area contributed by atoms with Gasteiger partial charge in [-0.25, -0.2) is 0 Å². The lowest BCUT2D eigenvalue weighted by atomic mass is 10.1. The number of thioether (sulfide) groups is 1. The molecule has 0 fully saturated rings. The first-order valence-electron chi connectivity index (χ1n) is 10.5. The van der Waals surface area contributed by atoms with Crippen LogP contribution in [0.4, 0.5) is 0 Å². The van der Waals surface area contributed by atoms with Crippen molar-refractivity contribution in [2.45, 2.75) is 30.7 Å². The van der Waals surface area contributed by atoms with Crippen LogP contribution in [0, 0.1) is 6.92 Å². The van der Waals surface area contributed by atoms with Gasteiger partial charge in [-0.3, -0.25) is 14.3 Å². The van der Waals surface area contributed by atoms with Crippen LogP contribution in [-0.4, -0.2) is 37.5 Å². The number of carbonyl (C=O) groups is 1. The lowest BCUT2D eigenvalue weighted by molar-refractivity contribution is -0.120. The van der Waals surface area contributed by atoms with Gasteiger partial charge in [-0.1, -0.05) is 59.8 Å². The molecular weight excluding hydrogens is 418 g/mol. The Hall–Kier alpha value is -3.45. The van der Waals surface area contributed by atoms with Crippen molar-refractivity contribution in [3.8, 4) is 17.1 Å². The number of pyridine rings is 1. The maximum Gasteiger partial charge on any atom is 0.233 e. The minimum absolute atomic E-state index is 0.0187. The van der Waals surface area contributed by atoms with Crippen molar-refractivity contribution in [2.24, 2.45) is 0 Å². The number of benzene rings is 2. The van der Waals surface area contributed by atoms with E-state index in [9.17, 15) is 4.79 Å². The largest absolute Gasteiger partial charge is 0.355 e. The first-order valence-corrected chi connectivity index (χ1v) is 11.4. The molecule has 162 valence electrons. The van der Waals surface area contributed by atoms with Crippen LogP contribution in [0.25, 0.3) is 17.1 Å². The van der Waals surface area contributed by atoms with Crippen molar-refractivity contribution in [2.75, 3.05) is 6.54 Å². The highest BCUT2D eigenvalue weighted by atomic mass is 32.2. The molecule has 0 bridgehead atoms. The zero-order chi connectivity index (χ0) is 22.3. The molecule has 1 N–H and O–H groups in total. The number of carbonyl (C=O) groups excluding carboxylic acids is 1. The standard InChI is InChI=1S/C25H25N5OS/c1-18-8-10-22(11-9-18)30-23(21-13-15-26-16-14-21)28-29-25(30)32-19(2)24(31)27-17-12-20-6-4-3-5-7-20/h3-11,13-16,19H,12,17H2,1-2H3,(H,27,31). The molecule has 2 aromatic carbocycles. The molecule has 6 nitrogen and oxygen atoms in total. The van der Waals surface area contributed by atoms with Gasteiger partial charge in [0.1, 0.15) is 0 Å². The maximum absolute atomic E-state index is 12.7. The molecule has 0 aliphatic rings. The zero-order valence-corrected chi connectivity index (χ0v) is 18.9. The van der Waals surface area contributed by atoms with Crippen LogP contribution in [0.5, 0.6) is 0 Å². The van der Waals surface area contributed by atoms with E-state index in [-0.39, 0.29) is 11.2 Å². The molecule has 7 heteroatoms. The van der Waals surface area contributed by atoms with E-state index in [1.165, 1.54) is 22.9 Å². The number of nitrogens with one attached hydrogen (secondary N) is 1. The molecule has 32 heavy (non-hydrogen) atoms. The van der Waals surface area contributed by atoms with Crippen LogP contribution in [0.2, 0.25) is 0 Å². The van der Waals surface area contributed by atoms with Crippen LogP contribution < -0.4 is 5.32 Å². The van der Waals surface area contributed by atoms with Gasteiger partial charge in [-0.05, 0) is 50.1 Å². The molecule has 0 aliphatic heterocycles. The van der Waals surface area contributed by atoms with Crippen LogP contribution in [0.1, 0.15) is 18.1 Å². The Balaban J connectivity index is 1.52. The van der Waals surface area contributed by atoms with E-state index in [2.05, 4.69) is 51.7 Å². The molecule has 4 aromatic rings. The van der Waals surface area contributed by atoms with Crippen molar-refractivity contribution in [1.29, 1.82) is 0 Å². The number of amides is 1. The Kier molecular flexibility index (Phi) is 6.97. The molecule has 0 radical (unpaired) electrons. The summed E-state index contributed by atoms with van der Waals surface area (Å²) >= 11 is 1.40. The van der Waals surface area contributed by atoms with Gasteiger partial charge in [0, 0.05) is 30.2 Å². The molecule has 0 saturated heterocycles. The Morgan fingerprint density at radius 3 is 2.44 bits per heavy atom. The average Bonchev–Trinajstić information content (AvgIpc) is 3.24. The van der Waals surface area contributed by atoms with Crippen LogP contribution in [-0.2, 0) is 11.2 Å². The summed E-state index contributed by atoms with van der Waals surface area (Å²) in [6, 6.07) is 22.1. The first kappa shape index (κ1) is 21.8. The van der Waals surface area contributed by atoms with Gasteiger partial charge in [-0.15, -0.1) is 10.2 Å². The van der Waals surface area contributed by atoms with E-state index in [0.29, 0.717) is 11.7 Å². The topological polar surface area (TPSA) is 72.7 Å². The van der Waals surface area contributed by atoms with E-state index >= 15 is 0 Å². The van der Waals surface area contributed by atoms with E-state index in [1.54, 1.807) is 12.4 Å². The van der Waals surface area contributed by atoms with E-state index in [1.807, 2.05) is 54.0 Å². The van der Waals surface area contributed by atoms with Crippen molar-refractivity contribution >= 4 is 17.7 Å². The van der Waals surface area contributed by atoms with Gasteiger partial charge >= 0.3 is 0 Å². The minimum Gasteiger partial charge on any atom is -0.355 e. The van der Waals surface area contributed by atoms with Crippen LogP contribution >= 0.6 is 11.8 Å². The molecule has 0 saturated carbocycles. The van der Waals surface area contributed by atoms with Crippen LogP contribution in [0.3, 0.4) is 0 Å². The minimum atomic E-state index is -0.315. The number of rotatable bonds is 8. The highest BCUT2D eigenvalue weighted by molar-refractivity contribution is 8.00. The summed E-state index contributed by atoms with van der Waals surface area (Å²) in [6.07, 6.45) is 4.27. The summed E-state index contributed by atoms with van der Waals surface area (Å²) in [6.45, 7) is 4.54. The average molecular weight is 444 g/mol. The van der Waals surface area contributed by atoms with Gasteiger partial charge in [-0.2, -0.15) is 0 Å². The summed E-state index contributed by atoms with van der Waals surface area (Å²) in [4.78, 5) is 16.8. The van der Waals surface area contributed by atoms with Crippen molar-refractivity contribution < 1.29 is 4.79 Å². The predicted octanol–water partition coefficient (Wildman–Crippen LogP) is 4.48. The molecule has 4 rings (SSSR count). The third-order valence-electron chi connectivity index (χ3n) is 5.07. The van der Waals surface area contributed by atoms with Gasteiger partial charge in [0.05, 0.1) is 5.25 Å². The molecule has 2 heterocycles. The summed E-state index contributed by atoms with van der Waals surface area (Å²) in [5.41, 5.74) is 4.24. The Labute approximate surface area is 192 Å². The molecule has 0 spiro atoms. The number of aromatic nitrogens is 4. The fraction of sp³-hybridized carbons (Fsp3) is 0.200. The third kappa shape index (κ3) is 5.23. The van der Waals surface area contributed by atoms with Gasteiger partial charge in [0.25, 0.3) is 0 Å². The summed E-state index contributed by atoms with van der Waals surface area (Å²) in [7, 11) is 0. The molecule has 1 atom stereocenters. The predicted molar refractivity (Wildman–Crippen MR) is 128 cm³/mol. The Morgan fingerprint density at radius 2 is 1.72 bits per heavy atom. The second-order valence-electron chi connectivity index (χ2n) is 7.50. The summed E-state index contributed by atoms with van der Waals surface area (Å²) < 4.78 is 1.99. The Morgan fingerprint density at radius 1 is 1.00 bits per heavy atom. The number of nitrogens with zero attached hydrogens (tertiary/aromatic N) is 4. The van der Waals surface area contributed by atoms with Crippen LogP contribution in [0.15, 0.2) is 84.3 Å². The SMILES string of the molecule is Cc1ccc(-n2c(SC(C)C(=O)NCCc3ccccc3)nnc2-c2ccncc2)cc1. The van der Waals surface area contributed by atoms with Gasteiger partial charge in [0.15, 0.2) is 11.0 Å². The van der Waals surface area contributed by atoms with Crippen molar-refractivity contribution in [1.82, 2.24) is 25.1 Å².